The lowest BCUT2D eigenvalue weighted by atomic mass is 9.94. The highest BCUT2D eigenvalue weighted by atomic mass is 16.2. The summed E-state index contributed by atoms with van der Waals surface area (Å²) in [5.74, 6) is -0.581. The Bertz CT molecular complexity index is 968. The van der Waals surface area contributed by atoms with Crippen LogP contribution in [0.15, 0.2) is 36.4 Å². The normalized spacial score (nSPS) is 29.4. The van der Waals surface area contributed by atoms with Crippen molar-refractivity contribution in [3.8, 4) is 0 Å². The fraction of sp³-hybridized carbons (Fsp3) is 0.667. The maximum atomic E-state index is 12.0. The minimum Gasteiger partial charge on any atom is -0.315 e. The SMILES string of the molecule is CCNC1(CC)CNCCNCC2(NCc3ccc(N4C(=O)C=CC4=O)cc3)CNCCCCN(CCNC2)C1. The second-order valence-corrected chi connectivity index (χ2v) is 11.5. The monoisotopic (exact) mass is 554 g/mol. The number of anilines is 1. The minimum atomic E-state index is -0.291. The van der Waals surface area contributed by atoms with Gasteiger partial charge in [0.2, 0.25) is 0 Å². The summed E-state index contributed by atoms with van der Waals surface area (Å²) in [4.78, 5) is 27.9. The van der Waals surface area contributed by atoms with Crippen LogP contribution in [0.25, 0.3) is 0 Å². The summed E-state index contributed by atoms with van der Waals surface area (Å²) in [6, 6.07) is 7.70. The number of imide groups is 1. The molecule has 2 fully saturated rings. The highest BCUT2D eigenvalue weighted by Gasteiger charge is 2.32. The maximum absolute atomic E-state index is 12.0. The molecule has 3 aliphatic heterocycles. The minimum absolute atomic E-state index is 0.0842. The Morgan fingerprint density at radius 1 is 0.775 bits per heavy atom. The Morgan fingerprint density at radius 3 is 2.10 bits per heavy atom. The zero-order valence-corrected chi connectivity index (χ0v) is 24.5. The van der Waals surface area contributed by atoms with Gasteiger partial charge in [0, 0.05) is 83.1 Å². The van der Waals surface area contributed by atoms with Gasteiger partial charge in [-0.25, -0.2) is 4.90 Å². The van der Waals surface area contributed by atoms with Crippen molar-refractivity contribution < 1.29 is 9.59 Å². The van der Waals surface area contributed by atoms with Gasteiger partial charge in [0.25, 0.3) is 11.8 Å². The molecule has 3 unspecified atom stereocenters. The highest BCUT2D eigenvalue weighted by molar-refractivity contribution is 6.28. The third-order valence-corrected chi connectivity index (χ3v) is 8.44. The molecule has 3 heterocycles. The number of hydrogen-bond acceptors (Lipinski definition) is 9. The van der Waals surface area contributed by atoms with E-state index in [0.717, 1.165) is 96.9 Å². The molecule has 0 aliphatic carbocycles. The lowest BCUT2D eigenvalue weighted by molar-refractivity contribution is -0.119. The van der Waals surface area contributed by atoms with Crippen LogP contribution >= 0.6 is 0 Å². The Balaban J connectivity index is 1.44. The number of fused-ring (bicyclic) bond motifs is 5. The van der Waals surface area contributed by atoms with Gasteiger partial charge < -0.3 is 36.8 Å². The average Bonchev–Trinajstić information content (AvgIpc) is 3.29. The van der Waals surface area contributed by atoms with E-state index in [-0.39, 0.29) is 22.9 Å². The standard InChI is InChI=1S/C30H50N8O2/c1-3-29(35-4-2)20-32-14-15-33-22-30(21-31-13-5-6-17-37(24-29)18-16-34-23-30)36-19-25-7-9-26(10-8-25)38-27(39)11-12-28(38)40/h7-12,31-36H,3-6,13-24H2,1-2H3. The first-order valence-corrected chi connectivity index (χ1v) is 15.2. The van der Waals surface area contributed by atoms with Gasteiger partial charge in [-0.3, -0.25) is 9.59 Å². The maximum Gasteiger partial charge on any atom is 0.258 e. The molecule has 222 valence electrons. The molecular weight excluding hydrogens is 504 g/mol. The van der Waals surface area contributed by atoms with Crippen molar-refractivity contribution in [3.63, 3.8) is 0 Å². The number of carbonyl (C=O) groups is 2. The third-order valence-electron chi connectivity index (χ3n) is 8.44. The Morgan fingerprint density at radius 2 is 1.43 bits per heavy atom. The molecule has 3 aliphatic rings. The number of likely N-dealkylation sites (N-methyl/N-ethyl adjacent to an activating group) is 1. The van der Waals surface area contributed by atoms with Gasteiger partial charge in [-0.1, -0.05) is 26.0 Å². The molecule has 0 spiro atoms. The highest BCUT2D eigenvalue weighted by Crippen LogP contribution is 2.20. The Labute approximate surface area is 240 Å². The summed E-state index contributed by atoms with van der Waals surface area (Å²) in [7, 11) is 0. The second-order valence-electron chi connectivity index (χ2n) is 11.5. The van der Waals surface area contributed by atoms with Gasteiger partial charge in [-0.05, 0) is 56.6 Å². The molecule has 0 saturated carbocycles. The number of amides is 2. The lowest BCUT2D eigenvalue weighted by Crippen LogP contribution is -2.65. The van der Waals surface area contributed by atoms with Crippen LogP contribution in [0.3, 0.4) is 0 Å². The van der Waals surface area contributed by atoms with Gasteiger partial charge in [0.15, 0.2) is 0 Å². The van der Waals surface area contributed by atoms with E-state index >= 15 is 0 Å². The van der Waals surface area contributed by atoms with Crippen LogP contribution in [0.4, 0.5) is 5.69 Å². The molecule has 2 bridgehead atoms. The van der Waals surface area contributed by atoms with E-state index in [4.69, 9.17) is 0 Å². The van der Waals surface area contributed by atoms with Gasteiger partial charge in [0.1, 0.15) is 0 Å². The molecule has 6 N–H and O–H groups in total. The van der Waals surface area contributed by atoms with Crippen LogP contribution in [-0.4, -0.2) is 106 Å². The Kier molecular flexibility index (Phi) is 11.7. The fourth-order valence-electron chi connectivity index (χ4n) is 6.00. The molecule has 4 rings (SSSR count). The first-order chi connectivity index (χ1) is 19.5. The van der Waals surface area contributed by atoms with E-state index in [2.05, 4.69) is 50.6 Å². The molecule has 1 aromatic carbocycles. The first kappa shape index (κ1) is 30.8. The van der Waals surface area contributed by atoms with E-state index in [1.54, 1.807) is 0 Å². The second kappa shape index (κ2) is 15.2. The van der Waals surface area contributed by atoms with Crippen molar-refractivity contribution in [1.29, 1.82) is 0 Å². The molecule has 10 nitrogen and oxygen atoms in total. The predicted molar refractivity (Wildman–Crippen MR) is 161 cm³/mol. The number of carbonyl (C=O) groups excluding carboxylic acids is 2. The van der Waals surface area contributed by atoms with Gasteiger partial charge in [-0.15, -0.1) is 0 Å². The summed E-state index contributed by atoms with van der Waals surface area (Å²) in [5.41, 5.74) is 1.63. The van der Waals surface area contributed by atoms with Crippen LogP contribution in [0, 0.1) is 0 Å². The van der Waals surface area contributed by atoms with Crippen molar-refractivity contribution in [2.45, 2.75) is 50.7 Å². The number of benzene rings is 1. The van der Waals surface area contributed by atoms with E-state index in [1.165, 1.54) is 23.5 Å². The van der Waals surface area contributed by atoms with E-state index in [9.17, 15) is 9.59 Å². The Hall–Kier alpha value is -2.18. The number of hydrogen-bond donors (Lipinski definition) is 6. The summed E-state index contributed by atoms with van der Waals surface area (Å²) >= 11 is 0. The first-order valence-electron chi connectivity index (χ1n) is 15.2. The van der Waals surface area contributed by atoms with Crippen molar-refractivity contribution in [1.82, 2.24) is 36.8 Å². The molecule has 1 aromatic rings. The zero-order valence-electron chi connectivity index (χ0n) is 24.5. The van der Waals surface area contributed by atoms with Gasteiger partial charge in [-0.2, -0.15) is 0 Å². The number of rotatable bonds is 7. The molecule has 2 saturated heterocycles. The zero-order chi connectivity index (χ0) is 28.3. The summed E-state index contributed by atoms with van der Waals surface area (Å²) in [5, 5.41) is 22.7. The summed E-state index contributed by atoms with van der Waals surface area (Å²) in [6.45, 7) is 16.7. The third kappa shape index (κ3) is 8.42. The molecule has 40 heavy (non-hydrogen) atoms. The molecule has 3 atom stereocenters. The number of nitrogens with one attached hydrogen (secondary N) is 6. The molecular formula is C30H50N8O2. The van der Waals surface area contributed by atoms with Crippen molar-refractivity contribution in [2.75, 3.05) is 83.4 Å². The van der Waals surface area contributed by atoms with Gasteiger partial charge >= 0.3 is 0 Å². The molecule has 2 amide bonds. The van der Waals surface area contributed by atoms with Crippen LogP contribution < -0.4 is 36.8 Å². The van der Waals surface area contributed by atoms with E-state index < -0.39 is 0 Å². The van der Waals surface area contributed by atoms with Crippen molar-refractivity contribution >= 4 is 17.5 Å². The van der Waals surface area contributed by atoms with E-state index in [0.29, 0.717) is 12.2 Å². The topological polar surface area (TPSA) is 113 Å². The van der Waals surface area contributed by atoms with Crippen LogP contribution in [0.1, 0.15) is 38.7 Å². The molecule has 0 radical (unpaired) electrons. The lowest BCUT2D eigenvalue weighted by Gasteiger charge is -2.41. The fourth-order valence-corrected chi connectivity index (χ4v) is 6.00. The van der Waals surface area contributed by atoms with Crippen molar-refractivity contribution in [3.05, 3.63) is 42.0 Å². The average molecular weight is 555 g/mol. The smallest absolute Gasteiger partial charge is 0.258 e. The van der Waals surface area contributed by atoms with Crippen LogP contribution in [0.5, 0.6) is 0 Å². The van der Waals surface area contributed by atoms with Crippen molar-refractivity contribution in [2.24, 2.45) is 0 Å². The van der Waals surface area contributed by atoms with Crippen LogP contribution in [0.2, 0.25) is 0 Å². The quantitative estimate of drug-likeness (QED) is 0.263. The number of nitrogens with zero attached hydrogens (tertiary/aromatic N) is 2. The van der Waals surface area contributed by atoms with Crippen LogP contribution in [-0.2, 0) is 16.1 Å². The van der Waals surface area contributed by atoms with Gasteiger partial charge in [0.05, 0.1) is 11.2 Å². The van der Waals surface area contributed by atoms with E-state index in [1.807, 2.05) is 24.3 Å². The molecule has 10 heteroatoms. The summed E-state index contributed by atoms with van der Waals surface area (Å²) < 4.78 is 0. The largest absolute Gasteiger partial charge is 0.315 e. The predicted octanol–water partition coefficient (Wildman–Crippen LogP) is 0.171. The molecule has 0 aromatic heterocycles. The summed E-state index contributed by atoms with van der Waals surface area (Å²) in [6.07, 6.45) is 6.09.